The smallest absolute Gasteiger partial charge is 0.125 e. The summed E-state index contributed by atoms with van der Waals surface area (Å²) in [5.41, 5.74) is 6.12. The summed E-state index contributed by atoms with van der Waals surface area (Å²) >= 11 is 0. The number of rotatable bonds is 4. The molecule has 2 rings (SSSR count). The highest BCUT2D eigenvalue weighted by atomic mass is 19.1. The zero-order valence-electron chi connectivity index (χ0n) is 13.0. The molecule has 0 radical (unpaired) electrons. The third-order valence-electron chi connectivity index (χ3n) is 3.82. The minimum absolute atomic E-state index is 0.0428. The number of nitrogens with one attached hydrogen (secondary N) is 1. The summed E-state index contributed by atoms with van der Waals surface area (Å²) in [4.78, 5) is 0. The average molecular weight is 287 g/mol. The van der Waals surface area contributed by atoms with E-state index in [4.69, 9.17) is 0 Å². The first-order valence-electron chi connectivity index (χ1n) is 7.13. The van der Waals surface area contributed by atoms with Crippen molar-refractivity contribution in [2.45, 2.75) is 33.7 Å². The molecule has 2 aromatic rings. The van der Waals surface area contributed by atoms with Gasteiger partial charge in [-0.3, -0.25) is 0 Å². The van der Waals surface area contributed by atoms with Crippen molar-refractivity contribution in [3.63, 3.8) is 0 Å². The minimum atomic E-state index is -0.272. The number of aliphatic hydroxyl groups excluding tert-OH is 1. The first-order valence-corrected chi connectivity index (χ1v) is 7.13. The molecule has 112 valence electrons. The maximum Gasteiger partial charge on any atom is 0.125 e. The van der Waals surface area contributed by atoms with Gasteiger partial charge in [0.05, 0.1) is 12.6 Å². The van der Waals surface area contributed by atoms with Crippen LogP contribution >= 0.6 is 0 Å². The van der Waals surface area contributed by atoms with E-state index in [-0.39, 0.29) is 18.5 Å². The molecule has 0 heterocycles. The zero-order chi connectivity index (χ0) is 15.6. The second-order valence-electron chi connectivity index (χ2n) is 5.69. The van der Waals surface area contributed by atoms with Crippen LogP contribution in [0.5, 0.6) is 0 Å². The van der Waals surface area contributed by atoms with Gasteiger partial charge in [-0.25, -0.2) is 4.39 Å². The van der Waals surface area contributed by atoms with Gasteiger partial charge in [-0.2, -0.15) is 0 Å². The van der Waals surface area contributed by atoms with E-state index in [1.54, 1.807) is 0 Å². The zero-order valence-corrected chi connectivity index (χ0v) is 13.0. The number of halogens is 1. The molecule has 3 heteroatoms. The molecule has 0 aliphatic carbocycles. The molecule has 0 spiro atoms. The van der Waals surface area contributed by atoms with E-state index in [1.165, 1.54) is 23.3 Å². The lowest BCUT2D eigenvalue weighted by Gasteiger charge is -2.21. The third kappa shape index (κ3) is 3.61. The highest BCUT2D eigenvalue weighted by molar-refractivity contribution is 5.50. The quantitative estimate of drug-likeness (QED) is 0.883. The van der Waals surface area contributed by atoms with Crippen molar-refractivity contribution in [3.05, 3.63) is 64.0 Å². The number of hydrogen-bond acceptors (Lipinski definition) is 2. The van der Waals surface area contributed by atoms with Gasteiger partial charge in [0, 0.05) is 5.69 Å². The highest BCUT2D eigenvalue weighted by Crippen LogP contribution is 2.26. The SMILES string of the molecule is Cc1cc(F)cc(NC(CO)c2cc(C)c(C)cc2C)c1. The van der Waals surface area contributed by atoms with Gasteiger partial charge in [0.1, 0.15) is 5.82 Å². The molecule has 2 nitrogen and oxygen atoms in total. The summed E-state index contributed by atoms with van der Waals surface area (Å²) in [6.45, 7) is 7.97. The Bertz CT molecular complexity index is 632. The summed E-state index contributed by atoms with van der Waals surface area (Å²) in [6.07, 6.45) is 0. The Morgan fingerprint density at radius 3 is 2.24 bits per heavy atom. The summed E-state index contributed by atoms with van der Waals surface area (Å²) < 4.78 is 13.5. The fourth-order valence-electron chi connectivity index (χ4n) is 2.60. The van der Waals surface area contributed by atoms with Crippen LogP contribution in [0.1, 0.15) is 33.9 Å². The van der Waals surface area contributed by atoms with Crippen molar-refractivity contribution >= 4 is 5.69 Å². The van der Waals surface area contributed by atoms with Crippen molar-refractivity contribution in [1.82, 2.24) is 0 Å². The molecule has 1 unspecified atom stereocenters. The average Bonchev–Trinajstić information content (AvgIpc) is 2.39. The van der Waals surface area contributed by atoms with Gasteiger partial charge in [-0.15, -0.1) is 0 Å². The molecule has 0 amide bonds. The topological polar surface area (TPSA) is 32.3 Å². The van der Waals surface area contributed by atoms with E-state index in [0.717, 1.165) is 16.7 Å². The van der Waals surface area contributed by atoms with Crippen molar-refractivity contribution in [1.29, 1.82) is 0 Å². The van der Waals surface area contributed by atoms with E-state index >= 15 is 0 Å². The number of aryl methyl sites for hydroxylation is 4. The lowest BCUT2D eigenvalue weighted by molar-refractivity contribution is 0.276. The molecule has 2 aromatic carbocycles. The van der Waals surface area contributed by atoms with Gasteiger partial charge in [-0.1, -0.05) is 12.1 Å². The monoisotopic (exact) mass is 287 g/mol. The van der Waals surface area contributed by atoms with Gasteiger partial charge >= 0.3 is 0 Å². The van der Waals surface area contributed by atoms with Crippen LogP contribution in [-0.2, 0) is 0 Å². The van der Waals surface area contributed by atoms with Crippen LogP contribution in [-0.4, -0.2) is 11.7 Å². The molecule has 0 aliphatic rings. The second-order valence-corrected chi connectivity index (χ2v) is 5.69. The van der Waals surface area contributed by atoms with Crippen LogP contribution in [0, 0.1) is 33.5 Å². The van der Waals surface area contributed by atoms with Crippen molar-refractivity contribution in [2.75, 3.05) is 11.9 Å². The summed E-state index contributed by atoms with van der Waals surface area (Å²) in [5, 5.41) is 12.9. The Morgan fingerprint density at radius 1 is 0.952 bits per heavy atom. The van der Waals surface area contributed by atoms with E-state index < -0.39 is 0 Å². The fourth-order valence-corrected chi connectivity index (χ4v) is 2.60. The van der Waals surface area contributed by atoms with E-state index in [1.807, 2.05) is 19.9 Å². The van der Waals surface area contributed by atoms with Crippen LogP contribution in [0.4, 0.5) is 10.1 Å². The first kappa shape index (κ1) is 15.5. The third-order valence-corrected chi connectivity index (χ3v) is 3.82. The molecule has 21 heavy (non-hydrogen) atoms. The number of hydrogen-bond donors (Lipinski definition) is 2. The van der Waals surface area contributed by atoms with Crippen molar-refractivity contribution < 1.29 is 9.50 Å². The fraction of sp³-hybridized carbons (Fsp3) is 0.333. The second kappa shape index (κ2) is 6.27. The summed E-state index contributed by atoms with van der Waals surface area (Å²) in [7, 11) is 0. The highest BCUT2D eigenvalue weighted by Gasteiger charge is 2.14. The van der Waals surface area contributed by atoms with Crippen molar-refractivity contribution in [3.8, 4) is 0 Å². The van der Waals surface area contributed by atoms with Crippen molar-refractivity contribution in [2.24, 2.45) is 0 Å². The molecule has 0 saturated carbocycles. The number of anilines is 1. The molecule has 0 aromatic heterocycles. The predicted octanol–water partition coefficient (Wildman–Crippen LogP) is 4.20. The molecular weight excluding hydrogens is 265 g/mol. The van der Waals surface area contributed by atoms with Gasteiger partial charge < -0.3 is 10.4 Å². The molecule has 0 aliphatic heterocycles. The lowest BCUT2D eigenvalue weighted by Crippen LogP contribution is -2.16. The van der Waals surface area contributed by atoms with Crippen LogP contribution < -0.4 is 5.32 Å². The maximum absolute atomic E-state index is 13.5. The molecule has 0 fully saturated rings. The normalized spacial score (nSPS) is 12.3. The van der Waals surface area contributed by atoms with E-state index in [9.17, 15) is 9.50 Å². The van der Waals surface area contributed by atoms with E-state index in [0.29, 0.717) is 5.69 Å². The molecular formula is C18H22FNO. The predicted molar refractivity (Wildman–Crippen MR) is 85.2 cm³/mol. The summed E-state index contributed by atoms with van der Waals surface area (Å²) in [6, 6.07) is 8.77. The maximum atomic E-state index is 13.5. The Morgan fingerprint density at radius 2 is 1.62 bits per heavy atom. The minimum Gasteiger partial charge on any atom is -0.394 e. The Labute approximate surface area is 125 Å². The van der Waals surface area contributed by atoms with Crippen LogP contribution in [0.3, 0.4) is 0 Å². The molecule has 0 saturated heterocycles. The molecule has 0 bridgehead atoms. The molecule has 2 N–H and O–H groups in total. The Kier molecular flexibility index (Phi) is 4.63. The first-order chi connectivity index (χ1) is 9.90. The lowest BCUT2D eigenvalue weighted by atomic mass is 9.96. The van der Waals surface area contributed by atoms with Gasteiger partial charge in [-0.05, 0) is 73.7 Å². The van der Waals surface area contributed by atoms with Gasteiger partial charge in [0.15, 0.2) is 0 Å². The number of aliphatic hydroxyl groups is 1. The van der Waals surface area contributed by atoms with Crippen LogP contribution in [0.2, 0.25) is 0 Å². The number of benzene rings is 2. The van der Waals surface area contributed by atoms with Gasteiger partial charge in [0.2, 0.25) is 0 Å². The van der Waals surface area contributed by atoms with E-state index in [2.05, 4.69) is 31.3 Å². The largest absolute Gasteiger partial charge is 0.394 e. The van der Waals surface area contributed by atoms with Crippen LogP contribution in [0.25, 0.3) is 0 Å². The summed E-state index contributed by atoms with van der Waals surface area (Å²) in [5.74, 6) is -0.272. The Balaban J connectivity index is 2.34. The van der Waals surface area contributed by atoms with Crippen LogP contribution in [0.15, 0.2) is 30.3 Å². The standard InChI is InChI=1S/C18H22FNO/c1-11-5-15(19)9-16(6-11)20-18(10-21)17-8-13(3)12(2)7-14(17)4/h5-9,18,20-21H,10H2,1-4H3. The Hall–Kier alpha value is -1.87. The van der Waals surface area contributed by atoms with Gasteiger partial charge in [0.25, 0.3) is 0 Å². The molecule has 1 atom stereocenters.